The van der Waals surface area contributed by atoms with Gasteiger partial charge in [0, 0.05) is 3.92 Å². The number of rotatable bonds is 3. The molecule has 0 aromatic rings. The summed E-state index contributed by atoms with van der Waals surface area (Å²) in [6.45, 7) is 0.377. The Hall–Kier alpha value is 0.450. The maximum Gasteiger partial charge on any atom is 0.391 e. The van der Waals surface area contributed by atoms with Gasteiger partial charge in [-0.1, -0.05) is 29.5 Å². The predicted octanol–water partition coefficient (Wildman–Crippen LogP) is 3.35. The molecule has 0 aromatic heterocycles. The second-order valence-corrected chi connectivity index (χ2v) is 4.19. The molecule has 0 radical (unpaired) electrons. The van der Waals surface area contributed by atoms with Gasteiger partial charge >= 0.3 is 6.18 Å². The van der Waals surface area contributed by atoms with Gasteiger partial charge in [-0.2, -0.15) is 13.2 Å². The van der Waals surface area contributed by atoms with Crippen molar-refractivity contribution in [2.45, 2.75) is 23.4 Å². The minimum Gasteiger partial charge on any atom is -0.250 e. The van der Waals surface area contributed by atoms with Crippen molar-refractivity contribution in [3.8, 4) is 0 Å². The molecule has 2 atom stereocenters. The fourth-order valence-corrected chi connectivity index (χ4v) is 1.34. The van der Waals surface area contributed by atoms with Gasteiger partial charge in [-0.3, -0.25) is 0 Å². The van der Waals surface area contributed by atoms with Crippen LogP contribution in [0.5, 0.6) is 0 Å². The summed E-state index contributed by atoms with van der Waals surface area (Å²) in [5.74, 6) is -1.40. The van der Waals surface area contributed by atoms with E-state index in [9.17, 15) is 17.6 Å². The molecule has 0 saturated carbocycles. The smallest absolute Gasteiger partial charge is 0.250 e. The quantitative estimate of drug-likeness (QED) is 0.423. The van der Waals surface area contributed by atoms with Gasteiger partial charge in [0.1, 0.15) is 6.67 Å². The lowest BCUT2D eigenvalue weighted by Crippen LogP contribution is -2.23. The molecule has 11 heavy (non-hydrogen) atoms. The maximum atomic E-state index is 11.8. The fourth-order valence-electron chi connectivity index (χ4n) is 0.580. The standard InChI is InChI=1S/C6H9F4I/c1-4(6(8,9)10)2-5(11)3-7/h4-5H,2-3H2,1H3. The van der Waals surface area contributed by atoms with E-state index < -0.39 is 22.7 Å². The van der Waals surface area contributed by atoms with Crippen LogP contribution in [0, 0.1) is 5.92 Å². The molecule has 0 bridgehead atoms. The molecular formula is C6H9F4I. The van der Waals surface area contributed by atoms with Gasteiger partial charge in [0.25, 0.3) is 0 Å². The van der Waals surface area contributed by atoms with Crippen molar-refractivity contribution < 1.29 is 17.6 Å². The highest BCUT2D eigenvalue weighted by Gasteiger charge is 2.36. The Morgan fingerprint density at radius 1 is 1.36 bits per heavy atom. The second kappa shape index (κ2) is 4.47. The molecule has 0 fully saturated rings. The second-order valence-electron chi connectivity index (χ2n) is 2.43. The molecule has 0 amide bonds. The average molecular weight is 284 g/mol. The summed E-state index contributed by atoms with van der Waals surface area (Å²) >= 11 is 1.69. The zero-order chi connectivity index (χ0) is 9.07. The van der Waals surface area contributed by atoms with Crippen LogP contribution >= 0.6 is 22.6 Å². The molecule has 0 aliphatic carbocycles. The number of alkyl halides is 5. The van der Waals surface area contributed by atoms with Crippen LogP contribution in [0.15, 0.2) is 0 Å². The molecule has 0 heterocycles. The summed E-state index contributed by atoms with van der Waals surface area (Å²) < 4.78 is 46.7. The summed E-state index contributed by atoms with van der Waals surface area (Å²) in [4.78, 5) is 0. The number of halogens is 5. The van der Waals surface area contributed by atoms with E-state index in [0.29, 0.717) is 0 Å². The minimum atomic E-state index is -4.18. The Bertz CT molecular complexity index is 112. The van der Waals surface area contributed by atoms with Crippen molar-refractivity contribution in [3.63, 3.8) is 0 Å². The van der Waals surface area contributed by atoms with Crippen LogP contribution in [0.2, 0.25) is 0 Å². The number of hydrogen-bond acceptors (Lipinski definition) is 0. The molecule has 5 heteroatoms. The Balaban J connectivity index is 3.77. The topological polar surface area (TPSA) is 0 Å². The Kier molecular flexibility index (Phi) is 4.65. The molecule has 0 aliphatic heterocycles. The van der Waals surface area contributed by atoms with Crippen LogP contribution in [0.3, 0.4) is 0 Å². The van der Waals surface area contributed by atoms with Crippen molar-refractivity contribution in [1.29, 1.82) is 0 Å². The Labute approximate surface area is 76.5 Å². The largest absolute Gasteiger partial charge is 0.391 e. The first-order valence-corrected chi connectivity index (χ1v) is 4.39. The normalized spacial score (nSPS) is 18.0. The van der Waals surface area contributed by atoms with E-state index in [1.54, 1.807) is 22.6 Å². The monoisotopic (exact) mass is 284 g/mol. The minimum absolute atomic E-state index is 0.138. The van der Waals surface area contributed by atoms with Crippen LogP contribution in [-0.2, 0) is 0 Å². The van der Waals surface area contributed by atoms with Crippen LogP contribution in [0.4, 0.5) is 17.6 Å². The first-order chi connectivity index (χ1) is 4.88. The van der Waals surface area contributed by atoms with Gasteiger partial charge in [0.05, 0.1) is 5.92 Å². The molecule has 0 saturated heterocycles. The average Bonchev–Trinajstić information content (AvgIpc) is 1.85. The van der Waals surface area contributed by atoms with Crippen LogP contribution in [0.25, 0.3) is 0 Å². The highest BCUT2D eigenvalue weighted by atomic mass is 127. The molecule has 2 unspecified atom stereocenters. The third kappa shape index (κ3) is 4.81. The lowest BCUT2D eigenvalue weighted by molar-refractivity contribution is -0.170. The van der Waals surface area contributed by atoms with E-state index in [4.69, 9.17) is 0 Å². The third-order valence-electron chi connectivity index (χ3n) is 1.34. The SMILES string of the molecule is CC(CC(I)CF)C(F)(F)F. The van der Waals surface area contributed by atoms with E-state index in [1.165, 1.54) is 0 Å². The van der Waals surface area contributed by atoms with E-state index >= 15 is 0 Å². The van der Waals surface area contributed by atoms with Gasteiger partial charge in [-0.25, -0.2) is 4.39 Å². The molecule has 0 aromatic carbocycles. The van der Waals surface area contributed by atoms with Crippen LogP contribution in [0.1, 0.15) is 13.3 Å². The van der Waals surface area contributed by atoms with Crippen LogP contribution in [-0.4, -0.2) is 16.8 Å². The van der Waals surface area contributed by atoms with Crippen molar-refractivity contribution >= 4 is 22.6 Å². The highest BCUT2D eigenvalue weighted by Crippen LogP contribution is 2.30. The summed E-state index contributed by atoms with van der Waals surface area (Å²) in [5.41, 5.74) is 0. The van der Waals surface area contributed by atoms with Crippen LogP contribution < -0.4 is 0 Å². The van der Waals surface area contributed by atoms with Gasteiger partial charge in [-0.05, 0) is 6.42 Å². The Morgan fingerprint density at radius 2 is 1.82 bits per heavy atom. The highest BCUT2D eigenvalue weighted by molar-refractivity contribution is 14.1. The molecule has 0 aliphatic rings. The van der Waals surface area contributed by atoms with E-state index in [-0.39, 0.29) is 6.42 Å². The lowest BCUT2D eigenvalue weighted by Gasteiger charge is -2.16. The van der Waals surface area contributed by atoms with Gasteiger partial charge < -0.3 is 0 Å². The van der Waals surface area contributed by atoms with E-state index in [0.717, 1.165) is 6.92 Å². The molecule has 68 valence electrons. The van der Waals surface area contributed by atoms with Crippen molar-refractivity contribution in [1.82, 2.24) is 0 Å². The van der Waals surface area contributed by atoms with E-state index in [1.807, 2.05) is 0 Å². The number of hydrogen-bond donors (Lipinski definition) is 0. The zero-order valence-electron chi connectivity index (χ0n) is 5.96. The first kappa shape index (κ1) is 11.4. The first-order valence-electron chi connectivity index (χ1n) is 3.14. The molecule has 0 N–H and O–H groups in total. The van der Waals surface area contributed by atoms with Gasteiger partial charge in [0.2, 0.25) is 0 Å². The third-order valence-corrected chi connectivity index (χ3v) is 2.18. The van der Waals surface area contributed by atoms with Gasteiger partial charge in [0.15, 0.2) is 0 Å². The molecule has 0 spiro atoms. The van der Waals surface area contributed by atoms with Gasteiger partial charge in [-0.15, -0.1) is 0 Å². The molecule has 0 rings (SSSR count). The summed E-state index contributed by atoms with van der Waals surface area (Å²) in [6.07, 6.45) is -4.32. The fraction of sp³-hybridized carbons (Fsp3) is 1.00. The zero-order valence-corrected chi connectivity index (χ0v) is 8.12. The lowest BCUT2D eigenvalue weighted by atomic mass is 10.1. The molecular weight excluding hydrogens is 275 g/mol. The van der Waals surface area contributed by atoms with Crippen molar-refractivity contribution in [3.05, 3.63) is 0 Å². The summed E-state index contributed by atoms with van der Waals surface area (Å²) in [6, 6.07) is 0. The van der Waals surface area contributed by atoms with Crippen molar-refractivity contribution in [2.24, 2.45) is 5.92 Å². The van der Waals surface area contributed by atoms with Crippen molar-refractivity contribution in [2.75, 3.05) is 6.67 Å². The van der Waals surface area contributed by atoms with E-state index in [2.05, 4.69) is 0 Å². The summed E-state index contributed by atoms with van der Waals surface area (Å²) in [5, 5.41) is 0. The maximum absolute atomic E-state index is 11.8. The predicted molar refractivity (Wildman–Crippen MR) is 43.6 cm³/mol. The summed E-state index contributed by atoms with van der Waals surface area (Å²) in [7, 11) is 0. The Morgan fingerprint density at radius 3 is 2.09 bits per heavy atom. The molecule has 0 nitrogen and oxygen atoms in total.